The minimum absolute atomic E-state index is 0.255. The number of hydrogen-bond acceptors (Lipinski definition) is 5. The molecule has 3 aromatic rings. The Morgan fingerprint density at radius 2 is 1.78 bits per heavy atom. The summed E-state index contributed by atoms with van der Waals surface area (Å²) in [6.07, 6.45) is 0.621. The van der Waals surface area contributed by atoms with E-state index in [2.05, 4.69) is 27.0 Å². The lowest BCUT2D eigenvalue weighted by molar-refractivity contribution is 0.0263. The van der Waals surface area contributed by atoms with Crippen molar-refractivity contribution in [2.75, 3.05) is 31.1 Å². The zero-order valence-electron chi connectivity index (χ0n) is 18.7. The summed E-state index contributed by atoms with van der Waals surface area (Å²) in [5.74, 6) is 0.192. The second kappa shape index (κ2) is 8.53. The van der Waals surface area contributed by atoms with Crippen LogP contribution < -0.4 is 10.6 Å². The summed E-state index contributed by atoms with van der Waals surface area (Å²) in [4.78, 5) is 36.0. The average molecular weight is 436 g/mol. The Kier molecular flexibility index (Phi) is 5.78. The van der Waals surface area contributed by atoms with Gasteiger partial charge in [0.2, 0.25) is 0 Å². The Morgan fingerprint density at radius 1 is 1.03 bits per heavy atom. The highest BCUT2D eigenvalue weighted by Gasteiger charge is 2.24. The van der Waals surface area contributed by atoms with Gasteiger partial charge in [-0.05, 0) is 63.6 Å². The number of nitrogens with two attached hydrogens (primary N) is 1. The number of carbonyl (C=O) groups is 2. The molecule has 0 saturated carbocycles. The predicted octanol–water partition coefficient (Wildman–Crippen LogP) is 3.78. The van der Waals surface area contributed by atoms with Crippen molar-refractivity contribution in [2.45, 2.75) is 32.8 Å². The normalized spacial score (nSPS) is 15.0. The van der Waals surface area contributed by atoms with E-state index in [9.17, 15) is 9.59 Å². The largest absolute Gasteiger partial charge is 0.444 e. The first-order valence-corrected chi connectivity index (χ1v) is 10.8. The number of nitrogens with one attached hydrogen (secondary N) is 1. The van der Waals surface area contributed by atoms with Gasteiger partial charge in [0.25, 0.3) is 5.91 Å². The highest BCUT2D eigenvalue weighted by molar-refractivity contribution is 6.04. The predicted molar refractivity (Wildman–Crippen MR) is 125 cm³/mol. The first-order chi connectivity index (χ1) is 15.2. The lowest BCUT2D eigenvalue weighted by Gasteiger charge is -2.27. The molecule has 2 aromatic carbocycles. The summed E-state index contributed by atoms with van der Waals surface area (Å²) < 4.78 is 5.52. The van der Waals surface area contributed by atoms with E-state index in [1.807, 2.05) is 39.0 Å². The molecule has 0 aliphatic carbocycles. The van der Waals surface area contributed by atoms with Gasteiger partial charge in [0.05, 0.1) is 11.1 Å². The van der Waals surface area contributed by atoms with E-state index in [-0.39, 0.29) is 6.09 Å². The van der Waals surface area contributed by atoms with Gasteiger partial charge in [-0.2, -0.15) is 0 Å². The second-order valence-electron chi connectivity index (χ2n) is 9.01. The van der Waals surface area contributed by atoms with Gasteiger partial charge >= 0.3 is 6.09 Å². The van der Waals surface area contributed by atoms with Gasteiger partial charge in [-0.3, -0.25) is 4.79 Å². The maximum atomic E-state index is 12.4. The molecule has 0 bridgehead atoms. The van der Waals surface area contributed by atoms with Crippen LogP contribution in [-0.2, 0) is 4.74 Å². The maximum absolute atomic E-state index is 12.4. The van der Waals surface area contributed by atoms with E-state index in [0.717, 1.165) is 36.3 Å². The number of amides is 2. The molecule has 0 atom stereocenters. The van der Waals surface area contributed by atoms with Crippen molar-refractivity contribution in [3.63, 3.8) is 0 Å². The highest BCUT2D eigenvalue weighted by Crippen LogP contribution is 2.26. The van der Waals surface area contributed by atoms with Crippen molar-refractivity contribution in [3.8, 4) is 11.4 Å². The lowest BCUT2D eigenvalue weighted by Crippen LogP contribution is -2.39. The molecule has 2 heterocycles. The van der Waals surface area contributed by atoms with Crippen molar-refractivity contribution in [1.82, 2.24) is 14.9 Å². The molecule has 1 fully saturated rings. The molecule has 0 spiro atoms. The van der Waals surface area contributed by atoms with Gasteiger partial charge in [-0.25, -0.2) is 9.78 Å². The number of nitrogens with zero attached hydrogens (tertiary/aromatic N) is 3. The van der Waals surface area contributed by atoms with Crippen LogP contribution in [0.25, 0.3) is 22.4 Å². The van der Waals surface area contributed by atoms with Crippen molar-refractivity contribution in [1.29, 1.82) is 0 Å². The third-order valence-electron chi connectivity index (χ3n) is 5.43. The van der Waals surface area contributed by atoms with Gasteiger partial charge in [0, 0.05) is 37.4 Å². The monoisotopic (exact) mass is 435 g/mol. The van der Waals surface area contributed by atoms with Crippen LogP contribution in [0.5, 0.6) is 0 Å². The van der Waals surface area contributed by atoms with Crippen LogP contribution in [0.1, 0.15) is 37.6 Å². The van der Waals surface area contributed by atoms with Crippen LogP contribution in [-0.4, -0.2) is 58.6 Å². The van der Waals surface area contributed by atoms with Crippen molar-refractivity contribution in [2.24, 2.45) is 5.73 Å². The molecular formula is C24H29N5O3. The number of benzene rings is 2. The number of carbonyl (C=O) groups excluding carboxylic acids is 2. The molecule has 1 saturated heterocycles. The topological polar surface area (TPSA) is 105 Å². The van der Waals surface area contributed by atoms with Gasteiger partial charge < -0.3 is 25.3 Å². The zero-order valence-corrected chi connectivity index (χ0v) is 18.7. The molecular weight excluding hydrogens is 406 g/mol. The number of fused-ring (bicyclic) bond motifs is 1. The number of anilines is 1. The standard InChI is InChI=1S/C24H29N5O3/c1-24(2,3)32-23(31)29-13-5-12-28(14-15-29)17-10-8-16(9-11-17)22-26-19-7-4-6-18(21(25)30)20(19)27-22/h4,6-11H,5,12-15H2,1-3H3,(H2,25,30)(H,26,27). The van der Waals surface area contributed by atoms with Crippen molar-refractivity contribution >= 4 is 28.7 Å². The summed E-state index contributed by atoms with van der Waals surface area (Å²) >= 11 is 0. The molecule has 4 rings (SSSR count). The van der Waals surface area contributed by atoms with Gasteiger partial charge in [0.15, 0.2) is 0 Å². The van der Waals surface area contributed by atoms with Crippen LogP contribution in [0.4, 0.5) is 10.5 Å². The number of aromatic nitrogens is 2. The number of ether oxygens (including phenoxy) is 1. The van der Waals surface area contributed by atoms with Crippen LogP contribution in [0.15, 0.2) is 42.5 Å². The van der Waals surface area contributed by atoms with E-state index >= 15 is 0 Å². The van der Waals surface area contributed by atoms with Crippen LogP contribution >= 0.6 is 0 Å². The number of primary amides is 1. The zero-order chi connectivity index (χ0) is 22.9. The van der Waals surface area contributed by atoms with Gasteiger partial charge in [-0.15, -0.1) is 0 Å². The maximum Gasteiger partial charge on any atom is 0.410 e. The number of aromatic amines is 1. The molecule has 0 unspecified atom stereocenters. The summed E-state index contributed by atoms with van der Waals surface area (Å²) in [6.45, 7) is 8.56. The summed E-state index contributed by atoms with van der Waals surface area (Å²) in [7, 11) is 0. The number of para-hydroxylation sites is 1. The van der Waals surface area contributed by atoms with Crippen molar-refractivity contribution < 1.29 is 14.3 Å². The Balaban J connectivity index is 1.47. The van der Waals surface area contributed by atoms with E-state index in [1.54, 1.807) is 17.0 Å². The van der Waals surface area contributed by atoms with E-state index in [4.69, 9.17) is 10.5 Å². The van der Waals surface area contributed by atoms with Crippen LogP contribution in [0, 0.1) is 0 Å². The quantitative estimate of drug-likeness (QED) is 0.652. The molecule has 168 valence electrons. The van der Waals surface area contributed by atoms with E-state index in [1.165, 1.54) is 0 Å². The van der Waals surface area contributed by atoms with Crippen LogP contribution in [0.2, 0.25) is 0 Å². The second-order valence-corrected chi connectivity index (χ2v) is 9.01. The summed E-state index contributed by atoms with van der Waals surface area (Å²) in [5.41, 5.74) is 8.75. The van der Waals surface area contributed by atoms with Crippen molar-refractivity contribution in [3.05, 3.63) is 48.0 Å². The minimum atomic E-state index is -0.495. The third kappa shape index (κ3) is 4.69. The Hall–Kier alpha value is -3.55. The minimum Gasteiger partial charge on any atom is -0.444 e. The number of imidazole rings is 1. The Bertz CT molecular complexity index is 1130. The van der Waals surface area contributed by atoms with Gasteiger partial charge in [-0.1, -0.05) is 6.07 Å². The number of H-pyrrole nitrogens is 1. The molecule has 1 aliphatic rings. The van der Waals surface area contributed by atoms with Crippen LogP contribution in [0.3, 0.4) is 0 Å². The Labute approximate surface area is 187 Å². The molecule has 32 heavy (non-hydrogen) atoms. The molecule has 1 aromatic heterocycles. The summed E-state index contributed by atoms with van der Waals surface area (Å²) in [6, 6.07) is 13.5. The van der Waals surface area contributed by atoms with E-state index in [0.29, 0.717) is 30.0 Å². The first kappa shape index (κ1) is 21.7. The molecule has 8 nitrogen and oxygen atoms in total. The lowest BCUT2D eigenvalue weighted by atomic mass is 10.2. The highest BCUT2D eigenvalue weighted by atomic mass is 16.6. The fourth-order valence-corrected chi connectivity index (χ4v) is 3.88. The third-order valence-corrected chi connectivity index (χ3v) is 5.43. The van der Waals surface area contributed by atoms with E-state index < -0.39 is 11.5 Å². The SMILES string of the molecule is CC(C)(C)OC(=O)N1CCCN(c2ccc(-c3nc4c(C(N)=O)cccc4[nH]3)cc2)CC1. The molecule has 1 aliphatic heterocycles. The summed E-state index contributed by atoms with van der Waals surface area (Å²) in [5, 5.41) is 0. The number of hydrogen-bond donors (Lipinski definition) is 2. The Morgan fingerprint density at radius 3 is 2.47 bits per heavy atom. The molecule has 3 N–H and O–H groups in total. The smallest absolute Gasteiger partial charge is 0.410 e. The molecule has 0 radical (unpaired) electrons. The molecule has 2 amide bonds. The fourth-order valence-electron chi connectivity index (χ4n) is 3.88. The first-order valence-electron chi connectivity index (χ1n) is 10.8. The fraction of sp³-hybridized carbons (Fsp3) is 0.375. The van der Waals surface area contributed by atoms with Gasteiger partial charge in [0.1, 0.15) is 16.9 Å². The molecule has 8 heteroatoms. The number of rotatable bonds is 3. The average Bonchev–Trinajstić information content (AvgIpc) is 3.02.